The zero-order valence-corrected chi connectivity index (χ0v) is 17.6. The number of hydrogen-bond acceptors (Lipinski definition) is 7. The lowest BCUT2D eigenvalue weighted by atomic mass is 10.1. The molecule has 0 radical (unpaired) electrons. The summed E-state index contributed by atoms with van der Waals surface area (Å²) < 4.78 is 68.5. The van der Waals surface area contributed by atoms with Gasteiger partial charge in [-0.2, -0.15) is 23.3 Å². The number of halogens is 3. The van der Waals surface area contributed by atoms with Gasteiger partial charge < -0.3 is 15.2 Å². The van der Waals surface area contributed by atoms with Crippen molar-refractivity contribution >= 4 is 33.1 Å². The first-order valence-electron chi connectivity index (χ1n) is 9.26. The number of sulfone groups is 1. The summed E-state index contributed by atoms with van der Waals surface area (Å²) in [4.78, 5) is 24.8. The highest BCUT2D eigenvalue weighted by Gasteiger charge is 2.66. The van der Waals surface area contributed by atoms with Crippen LogP contribution in [0.3, 0.4) is 0 Å². The van der Waals surface area contributed by atoms with Crippen molar-refractivity contribution in [1.82, 2.24) is 5.01 Å². The molecule has 1 aromatic carbocycles. The van der Waals surface area contributed by atoms with Crippen LogP contribution in [0.4, 0.5) is 18.9 Å². The minimum Gasteiger partial charge on any atom is -0.497 e. The smallest absolute Gasteiger partial charge is 0.497 e. The molecule has 13 heteroatoms. The van der Waals surface area contributed by atoms with Gasteiger partial charge in [0.2, 0.25) is 0 Å². The molecule has 9 nitrogen and oxygen atoms in total. The predicted octanol–water partition coefficient (Wildman–Crippen LogP) is 2.38. The molecule has 1 atom stereocenters. The Morgan fingerprint density at radius 1 is 1.26 bits per heavy atom. The molecule has 172 valence electrons. The number of nitrogens with one attached hydrogen (secondary N) is 1. The molecule has 0 fully saturated rings. The number of hydrazone groups is 1. The third-order valence-corrected chi connectivity index (χ3v) is 6.33. The van der Waals surface area contributed by atoms with Crippen molar-refractivity contribution in [2.45, 2.75) is 49.6 Å². The van der Waals surface area contributed by atoms with E-state index in [4.69, 9.17) is 4.74 Å². The van der Waals surface area contributed by atoms with Crippen LogP contribution in [0, 0.1) is 0 Å². The Kier molecular flexibility index (Phi) is 7.32. The topological polar surface area (TPSA) is 125 Å². The molecular weight excluding hydrogens is 443 g/mol. The fourth-order valence-electron chi connectivity index (χ4n) is 2.87. The largest absolute Gasteiger partial charge is 0.502 e. The third kappa shape index (κ3) is 4.98. The molecule has 0 saturated heterocycles. The minimum atomic E-state index is -6.30. The number of ether oxygens (including phenoxy) is 1. The molecule has 2 amide bonds. The Morgan fingerprint density at radius 3 is 2.39 bits per heavy atom. The molecule has 1 heterocycles. The average Bonchev–Trinajstić information content (AvgIpc) is 3.05. The van der Waals surface area contributed by atoms with Crippen LogP contribution in [0.25, 0.3) is 0 Å². The number of carbonyl (C=O) groups excluding carboxylic acids is 2. The number of carbonyl (C=O) groups is 2. The van der Waals surface area contributed by atoms with Gasteiger partial charge in [-0.3, -0.25) is 9.59 Å². The van der Waals surface area contributed by atoms with E-state index in [2.05, 4.69) is 10.4 Å². The van der Waals surface area contributed by atoms with Crippen LogP contribution in [0.15, 0.2) is 29.4 Å². The highest BCUT2D eigenvalue weighted by Crippen LogP contribution is 2.40. The number of unbranched alkanes of at least 4 members (excludes halogenated alkanes) is 2. The number of alkyl halides is 3. The Bertz CT molecular complexity index is 963. The van der Waals surface area contributed by atoms with Crippen LogP contribution in [0.1, 0.15) is 39.0 Å². The quantitative estimate of drug-likeness (QED) is 0.471. The maximum Gasteiger partial charge on any atom is 0.502 e. The molecular formula is C18H22F3N3O6S. The van der Waals surface area contributed by atoms with Crippen molar-refractivity contribution in [3.8, 4) is 5.75 Å². The first-order chi connectivity index (χ1) is 14.4. The van der Waals surface area contributed by atoms with E-state index >= 15 is 0 Å². The Labute approximate surface area is 176 Å². The van der Waals surface area contributed by atoms with E-state index in [1.54, 1.807) is 0 Å². The molecule has 2 rings (SSSR count). The zero-order valence-electron chi connectivity index (χ0n) is 16.8. The van der Waals surface area contributed by atoms with E-state index in [1.165, 1.54) is 31.4 Å². The molecule has 1 unspecified atom stereocenters. The summed E-state index contributed by atoms with van der Waals surface area (Å²) in [5.41, 5.74) is -5.91. The normalized spacial score (nSPS) is 19.2. The molecule has 0 aromatic heterocycles. The van der Waals surface area contributed by atoms with Gasteiger partial charge >= 0.3 is 17.3 Å². The van der Waals surface area contributed by atoms with Crippen LogP contribution in [0.2, 0.25) is 0 Å². The standard InChI is InChI=1S/C18H22F3N3O6S/c1-3-4-5-6-13-11-17(27,31(28,29)18(19,20)21)24(23-13)16(26)15(25)22-12-7-9-14(30-2)10-8-12/h7-10,27H,3-6,11H2,1-2H3,(H,22,25). The molecule has 0 saturated carbocycles. The van der Waals surface area contributed by atoms with Crippen LogP contribution in [0.5, 0.6) is 5.75 Å². The lowest BCUT2D eigenvalue weighted by Crippen LogP contribution is -2.58. The maximum atomic E-state index is 13.2. The summed E-state index contributed by atoms with van der Waals surface area (Å²) in [5.74, 6) is -2.79. The molecule has 2 N–H and O–H groups in total. The number of benzene rings is 1. The third-order valence-electron chi connectivity index (χ3n) is 4.55. The van der Waals surface area contributed by atoms with E-state index in [1.807, 2.05) is 6.92 Å². The fourth-order valence-corrected chi connectivity index (χ4v) is 3.95. The van der Waals surface area contributed by atoms with Crippen molar-refractivity contribution in [3.05, 3.63) is 24.3 Å². The van der Waals surface area contributed by atoms with Gasteiger partial charge in [0, 0.05) is 11.4 Å². The first-order valence-corrected chi connectivity index (χ1v) is 10.7. The highest BCUT2D eigenvalue weighted by molar-refractivity contribution is 7.93. The zero-order chi connectivity index (χ0) is 23.4. The summed E-state index contributed by atoms with van der Waals surface area (Å²) in [5, 5.41) is 12.1. The van der Waals surface area contributed by atoms with Crippen molar-refractivity contribution in [2.75, 3.05) is 12.4 Å². The van der Waals surface area contributed by atoms with Crippen LogP contribution < -0.4 is 10.1 Å². The molecule has 1 aromatic rings. The van der Waals surface area contributed by atoms with Crippen molar-refractivity contribution in [2.24, 2.45) is 5.10 Å². The predicted molar refractivity (Wildman–Crippen MR) is 105 cm³/mol. The summed E-state index contributed by atoms with van der Waals surface area (Å²) in [6.07, 6.45) is 0.895. The second-order valence-electron chi connectivity index (χ2n) is 6.79. The Morgan fingerprint density at radius 2 is 1.87 bits per heavy atom. The fraction of sp³-hybridized carbons (Fsp3) is 0.500. The number of nitrogens with zero attached hydrogens (tertiary/aromatic N) is 2. The number of methoxy groups -OCH3 is 1. The number of amides is 2. The van der Waals surface area contributed by atoms with Crippen LogP contribution >= 0.6 is 0 Å². The molecule has 31 heavy (non-hydrogen) atoms. The molecule has 1 aliphatic heterocycles. The van der Waals surface area contributed by atoms with E-state index in [9.17, 15) is 36.3 Å². The monoisotopic (exact) mass is 465 g/mol. The van der Waals surface area contributed by atoms with E-state index in [-0.39, 0.29) is 22.8 Å². The highest BCUT2D eigenvalue weighted by atomic mass is 32.2. The summed E-state index contributed by atoms with van der Waals surface area (Å²) in [6.45, 7) is 1.88. The van der Waals surface area contributed by atoms with Crippen LogP contribution in [-0.2, 0) is 19.4 Å². The van der Waals surface area contributed by atoms with Crippen molar-refractivity contribution < 1.29 is 41.0 Å². The van der Waals surface area contributed by atoms with Gasteiger partial charge in [0.1, 0.15) is 5.75 Å². The number of hydrogen-bond donors (Lipinski definition) is 2. The van der Waals surface area contributed by atoms with Crippen LogP contribution in [-0.4, -0.2) is 53.7 Å². The molecule has 1 aliphatic rings. The SMILES string of the molecule is CCCCCC1=NN(C(=O)C(=O)Nc2ccc(OC)cc2)C(O)(S(=O)(=O)C(F)(F)F)C1. The van der Waals surface area contributed by atoms with Gasteiger partial charge in [0.05, 0.1) is 13.5 Å². The van der Waals surface area contributed by atoms with E-state index in [0.29, 0.717) is 18.6 Å². The van der Waals surface area contributed by atoms with Gasteiger partial charge in [0.15, 0.2) is 0 Å². The Hall–Kier alpha value is -2.67. The maximum absolute atomic E-state index is 13.2. The second kappa shape index (κ2) is 9.22. The molecule has 0 bridgehead atoms. The summed E-state index contributed by atoms with van der Waals surface area (Å²) in [6, 6.07) is 5.60. The minimum absolute atomic E-state index is 0.0629. The Balaban J connectivity index is 2.33. The lowest BCUT2D eigenvalue weighted by molar-refractivity contribution is -0.153. The van der Waals surface area contributed by atoms with Crippen molar-refractivity contribution in [1.29, 1.82) is 0 Å². The van der Waals surface area contributed by atoms with Gasteiger partial charge in [0.25, 0.3) is 14.9 Å². The number of anilines is 1. The van der Waals surface area contributed by atoms with Crippen molar-refractivity contribution in [3.63, 3.8) is 0 Å². The number of rotatable bonds is 7. The van der Waals surface area contributed by atoms with Gasteiger partial charge in [-0.1, -0.05) is 19.8 Å². The van der Waals surface area contributed by atoms with E-state index in [0.717, 1.165) is 6.42 Å². The van der Waals surface area contributed by atoms with Gasteiger partial charge in [-0.05, 0) is 37.1 Å². The van der Waals surface area contributed by atoms with E-state index < -0.39 is 38.6 Å². The molecule has 0 spiro atoms. The second-order valence-corrected chi connectivity index (χ2v) is 8.92. The average molecular weight is 465 g/mol. The first kappa shape index (κ1) is 24.6. The van der Waals surface area contributed by atoms with Gasteiger partial charge in [-0.15, -0.1) is 0 Å². The van der Waals surface area contributed by atoms with Gasteiger partial charge in [-0.25, -0.2) is 8.42 Å². The number of aliphatic hydroxyl groups is 1. The molecule has 0 aliphatic carbocycles. The lowest BCUT2D eigenvalue weighted by Gasteiger charge is -2.30. The summed E-state index contributed by atoms with van der Waals surface area (Å²) in [7, 11) is -4.89. The summed E-state index contributed by atoms with van der Waals surface area (Å²) >= 11 is 0.